The van der Waals surface area contributed by atoms with Crippen molar-refractivity contribution in [2.24, 2.45) is 0 Å². The maximum atomic E-state index is 4.64. The van der Waals surface area contributed by atoms with Crippen LogP contribution in [0, 0.1) is 13.8 Å². The molecule has 2 aromatic rings. The number of pyridine rings is 1. The van der Waals surface area contributed by atoms with E-state index in [-0.39, 0.29) is 5.54 Å². The Labute approximate surface area is 119 Å². The minimum Gasteiger partial charge on any atom is -0.307 e. The molecule has 0 aliphatic carbocycles. The summed E-state index contributed by atoms with van der Waals surface area (Å²) in [6.07, 6.45) is 0. The summed E-state index contributed by atoms with van der Waals surface area (Å²) >= 11 is 1.73. The summed E-state index contributed by atoms with van der Waals surface area (Å²) in [5.74, 6) is 0. The first kappa shape index (κ1) is 14.2. The van der Waals surface area contributed by atoms with E-state index in [1.165, 1.54) is 4.88 Å². The van der Waals surface area contributed by atoms with E-state index >= 15 is 0 Å². The van der Waals surface area contributed by atoms with E-state index in [0.717, 1.165) is 28.6 Å². The van der Waals surface area contributed by atoms with Crippen LogP contribution >= 0.6 is 11.3 Å². The highest BCUT2D eigenvalue weighted by Crippen LogP contribution is 2.27. The minimum absolute atomic E-state index is 0.123. The summed E-state index contributed by atoms with van der Waals surface area (Å²) < 4.78 is 0. The summed E-state index contributed by atoms with van der Waals surface area (Å²) in [6, 6.07) is 6.06. The van der Waals surface area contributed by atoms with Crippen LogP contribution < -0.4 is 5.32 Å². The number of rotatable bonds is 3. The van der Waals surface area contributed by atoms with Crippen molar-refractivity contribution >= 4 is 11.3 Å². The van der Waals surface area contributed by atoms with Crippen molar-refractivity contribution in [3.8, 4) is 10.7 Å². The molecule has 0 saturated heterocycles. The van der Waals surface area contributed by atoms with Gasteiger partial charge in [0, 0.05) is 22.7 Å². The predicted octanol–water partition coefficient (Wildman–Crippen LogP) is 3.71. The number of hydrogen-bond donors (Lipinski definition) is 1. The normalized spacial score (nSPS) is 11.8. The van der Waals surface area contributed by atoms with Crippen molar-refractivity contribution in [2.45, 2.75) is 46.7 Å². The predicted molar refractivity (Wildman–Crippen MR) is 81.4 cm³/mol. The molecule has 2 rings (SSSR count). The molecular formula is C15H21N3S. The number of aryl methyl sites for hydroxylation is 2. The molecule has 0 spiro atoms. The fourth-order valence-electron chi connectivity index (χ4n) is 1.71. The molecule has 0 aliphatic heterocycles. The number of nitrogens with zero attached hydrogens (tertiary/aromatic N) is 2. The highest BCUT2D eigenvalue weighted by molar-refractivity contribution is 7.15. The van der Waals surface area contributed by atoms with Gasteiger partial charge in [0.1, 0.15) is 5.01 Å². The van der Waals surface area contributed by atoms with Gasteiger partial charge in [-0.25, -0.2) is 4.98 Å². The lowest BCUT2D eigenvalue weighted by Gasteiger charge is -2.19. The topological polar surface area (TPSA) is 37.8 Å². The zero-order valence-corrected chi connectivity index (χ0v) is 13.1. The molecule has 0 atom stereocenters. The summed E-state index contributed by atoms with van der Waals surface area (Å²) in [4.78, 5) is 10.5. The largest absolute Gasteiger partial charge is 0.307 e. The molecule has 0 radical (unpaired) electrons. The third kappa shape index (κ3) is 3.85. The second kappa shape index (κ2) is 5.39. The monoisotopic (exact) mass is 275 g/mol. The quantitative estimate of drug-likeness (QED) is 0.928. The molecule has 102 valence electrons. The number of hydrogen-bond acceptors (Lipinski definition) is 4. The highest BCUT2D eigenvalue weighted by Gasteiger charge is 2.14. The molecule has 2 heterocycles. The van der Waals surface area contributed by atoms with Gasteiger partial charge in [-0.05, 0) is 46.8 Å². The van der Waals surface area contributed by atoms with Crippen molar-refractivity contribution in [2.75, 3.05) is 0 Å². The first-order chi connectivity index (χ1) is 8.85. The van der Waals surface area contributed by atoms with Gasteiger partial charge in [0.15, 0.2) is 0 Å². The van der Waals surface area contributed by atoms with Gasteiger partial charge < -0.3 is 5.32 Å². The summed E-state index contributed by atoms with van der Waals surface area (Å²) in [6.45, 7) is 11.4. The van der Waals surface area contributed by atoms with Crippen LogP contribution in [-0.4, -0.2) is 15.5 Å². The van der Waals surface area contributed by atoms with Gasteiger partial charge in [0.25, 0.3) is 0 Å². The zero-order chi connectivity index (χ0) is 14.0. The van der Waals surface area contributed by atoms with Gasteiger partial charge in [0.05, 0.1) is 11.4 Å². The van der Waals surface area contributed by atoms with E-state index in [9.17, 15) is 0 Å². The molecule has 2 aromatic heterocycles. The maximum Gasteiger partial charge on any atom is 0.142 e. The van der Waals surface area contributed by atoms with Gasteiger partial charge in [-0.3, -0.25) is 4.98 Å². The molecule has 0 bridgehead atoms. The molecule has 0 unspecified atom stereocenters. The third-order valence-electron chi connectivity index (χ3n) is 2.78. The molecule has 0 aromatic carbocycles. The first-order valence-electron chi connectivity index (χ1n) is 6.50. The maximum absolute atomic E-state index is 4.64. The van der Waals surface area contributed by atoms with E-state index in [1.54, 1.807) is 11.3 Å². The molecule has 0 aliphatic rings. The Morgan fingerprint density at radius 2 is 1.89 bits per heavy atom. The van der Waals surface area contributed by atoms with Gasteiger partial charge in [-0.15, -0.1) is 11.3 Å². The molecular weight excluding hydrogens is 254 g/mol. The Kier molecular flexibility index (Phi) is 4.02. The molecule has 0 amide bonds. The average molecular weight is 275 g/mol. The van der Waals surface area contributed by atoms with Gasteiger partial charge in [-0.1, -0.05) is 6.07 Å². The summed E-state index contributed by atoms with van der Waals surface area (Å²) in [7, 11) is 0. The van der Waals surface area contributed by atoms with Crippen LogP contribution in [0.2, 0.25) is 0 Å². The van der Waals surface area contributed by atoms with Crippen LogP contribution in [0.25, 0.3) is 10.7 Å². The van der Waals surface area contributed by atoms with Crippen LogP contribution in [0.4, 0.5) is 0 Å². The lowest BCUT2D eigenvalue weighted by Crippen LogP contribution is -2.34. The van der Waals surface area contributed by atoms with Crippen molar-refractivity contribution in [3.63, 3.8) is 0 Å². The van der Waals surface area contributed by atoms with Crippen molar-refractivity contribution in [3.05, 3.63) is 34.5 Å². The van der Waals surface area contributed by atoms with Crippen molar-refractivity contribution < 1.29 is 0 Å². The van der Waals surface area contributed by atoms with E-state index in [1.807, 2.05) is 25.1 Å². The van der Waals surface area contributed by atoms with Crippen LogP contribution in [0.1, 0.15) is 37.0 Å². The van der Waals surface area contributed by atoms with E-state index in [2.05, 4.69) is 43.0 Å². The second-order valence-electron chi connectivity index (χ2n) is 5.80. The number of thiazole rings is 1. The van der Waals surface area contributed by atoms with Crippen LogP contribution in [-0.2, 0) is 6.54 Å². The SMILES string of the molecule is Cc1cccc(-c2nc(C)c(CNC(C)(C)C)s2)n1. The second-order valence-corrected chi connectivity index (χ2v) is 6.88. The lowest BCUT2D eigenvalue weighted by atomic mass is 10.1. The van der Waals surface area contributed by atoms with Gasteiger partial charge in [-0.2, -0.15) is 0 Å². The Hall–Kier alpha value is -1.26. The Balaban J connectivity index is 2.21. The molecule has 0 saturated carbocycles. The third-order valence-corrected chi connectivity index (χ3v) is 3.96. The van der Waals surface area contributed by atoms with Crippen LogP contribution in [0.5, 0.6) is 0 Å². The molecule has 1 N–H and O–H groups in total. The fraction of sp³-hybridized carbons (Fsp3) is 0.467. The highest BCUT2D eigenvalue weighted by atomic mass is 32.1. The van der Waals surface area contributed by atoms with Crippen LogP contribution in [0.15, 0.2) is 18.2 Å². The zero-order valence-electron chi connectivity index (χ0n) is 12.2. The molecule has 3 nitrogen and oxygen atoms in total. The lowest BCUT2D eigenvalue weighted by molar-refractivity contribution is 0.425. The van der Waals surface area contributed by atoms with E-state index < -0.39 is 0 Å². The Morgan fingerprint density at radius 3 is 2.53 bits per heavy atom. The standard InChI is InChI=1S/C15H21N3S/c1-10-7-6-8-12(17-10)14-18-11(2)13(19-14)9-16-15(3,4)5/h6-8,16H,9H2,1-5H3. The van der Waals surface area contributed by atoms with Gasteiger partial charge >= 0.3 is 0 Å². The summed E-state index contributed by atoms with van der Waals surface area (Å²) in [5, 5.41) is 4.51. The molecule has 19 heavy (non-hydrogen) atoms. The smallest absolute Gasteiger partial charge is 0.142 e. The summed E-state index contributed by atoms with van der Waals surface area (Å²) in [5.41, 5.74) is 3.22. The van der Waals surface area contributed by atoms with Crippen molar-refractivity contribution in [1.82, 2.24) is 15.3 Å². The molecule has 0 fully saturated rings. The first-order valence-corrected chi connectivity index (χ1v) is 7.32. The minimum atomic E-state index is 0.123. The molecule has 4 heteroatoms. The fourth-order valence-corrected chi connectivity index (χ4v) is 2.68. The van der Waals surface area contributed by atoms with E-state index in [0.29, 0.717) is 0 Å². The Morgan fingerprint density at radius 1 is 1.16 bits per heavy atom. The number of nitrogens with one attached hydrogen (secondary N) is 1. The Bertz CT molecular complexity index is 567. The van der Waals surface area contributed by atoms with Gasteiger partial charge in [0.2, 0.25) is 0 Å². The van der Waals surface area contributed by atoms with Crippen molar-refractivity contribution in [1.29, 1.82) is 0 Å². The average Bonchev–Trinajstić information content (AvgIpc) is 2.67. The van der Waals surface area contributed by atoms with E-state index in [4.69, 9.17) is 0 Å². The number of aromatic nitrogens is 2. The van der Waals surface area contributed by atoms with Crippen LogP contribution in [0.3, 0.4) is 0 Å².